The molecule has 5 aromatic carbocycles. The van der Waals surface area contributed by atoms with Crippen LogP contribution in [-0.2, 0) is 12.1 Å². The fraction of sp³-hybridized carbons (Fsp3) is 0.0645. The number of aliphatic imine (C=N–C) groups is 1. The Balaban J connectivity index is 1.40. The molecule has 2 aliphatic rings. The lowest BCUT2D eigenvalue weighted by Gasteiger charge is -2.34. The number of rotatable bonds is 2. The summed E-state index contributed by atoms with van der Waals surface area (Å²) in [7, 11) is 0. The van der Waals surface area contributed by atoms with Crippen LogP contribution in [0.2, 0.25) is 0 Å². The highest BCUT2D eigenvalue weighted by Gasteiger charge is 2.37. The molecule has 0 aromatic heterocycles. The number of nitrogens with one attached hydrogen (secondary N) is 1. The van der Waals surface area contributed by atoms with E-state index < -0.39 is 5.66 Å². The lowest BCUT2D eigenvalue weighted by molar-refractivity contribution is 0.568. The predicted octanol–water partition coefficient (Wildman–Crippen LogP) is 6.03. The van der Waals surface area contributed by atoms with Crippen LogP contribution in [0.15, 0.2) is 108 Å². The highest BCUT2D eigenvalue weighted by atomic mass is 15.1. The molecular formula is C31H24N4. The molecule has 0 bridgehead atoms. The molecule has 0 saturated carbocycles. The van der Waals surface area contributed by atoms with E-state index in [4.69, 9.17) is 16.5 Å². The van der Waals surface area contributed by atoms with E-state index in [1.165, 1.54) is 27.6 Å². The van der Waals surface area contributed by atoms with Crippen LogP contribution in [0.4, 0.5) is 11.4 Å². The van der Waals surface area contributed by atoms with E-state index in [0.717, 1.165) is 40.0 Å². The van der Waals surface area contributed by atoms with Crippen LogP contribution in [0.5, 0.6) is 0 Å². The second-order valence-corrected chi connectivity index (χ2v) is 9.42. The SMILES string of the molecule is Nc1ccc2c(c1)C(N)(c1ccc3c(c1)Cc1ccccc1-3)N=C(c1ccc3ccccc3c1)N2. The standard InChI is InChI=1S/C31H24N4/c32-25-12-14-29-28(18-25)31(33,24-11-13-27-23(17-24)16-21-7-3-4-8-26(21)27)35-30(34-29)22-10-9-19-5-1-2-6-20(19)15-22/h1-15,17-18H,16,32-33H2,(H,34,35). The summed E-state index contributed by atoms with van der Waals surface area (Å²) in [5, 5.41) is 5.87. The van der Waals surface area contributed by atoms with Crippen LogP contribution in [-0.4, -0.2) is 5.84 Å². The second-order valence-electron chi connectivity index (χ2n) is 9.42. The van der Waals surface area contributed by atoms with Crippen molar-refractivity contribution in [2.45, 2.75) is 12.1 Å². The maximum atomic E-state index is 7.22. The smallest absolute Gasteiger partial charge is 0.164 e. The van der Waals surface area contributed by atoms with Gasteiger partial charge < -0.3 is 11.1 Å². The van der Waals surface area contributed by atoms with Gasteiger partial charge in [-0.25, -0.2) is 4.99 Å². The van der Waals surface area contributed by atoms with Gasteiger partial charge >= 0.3 is 0 Å². The molecule has 5 aromatic rings. The molecule has 1 aliphatic carbocycles. The van der Waals surface area contributed by atoms with Gasteiger partial charge in [0.15, 0.2) is 5.66 Å². The summed E-state index contributed by atoms with van der Waals surface area (Å²) < 4.78 is 0. The predicted molar refractivity (Wildman–Crippen MR) is 145 cm³/mol. The summed E-state index contributed by atoms with van der Waals surface area (Å²) in [4.78, 5) is 5.15. The van der Waals surface area contributed by atoms with Gasteiger partial charge in [0, 0.05) is 22.5 Å². The quantitative estimate of drug-likeness (QED) is 0.281. The molecule has 5 N–H and O–H groups in total. The Kier molecular flexibility index (Phi) is 4.17. The number of amidine groups is 1. The Labute approximate surface area is 203 Å². The van der Waals surface area contributed by atoms with Crippen molar-refractivity contribution in [2.24, 2.45) is 10.7 Å². The van der Waals surface area contributed by atoms with Crippen LogP contribution in [0.3, 0.4) is 0 Å². The van der Waals surface area contributed by atoms with Crippen molar-refractivity contribution in [3.8, 4) is 11.1 Å². The monoisotopic (exact) mass is 452 g/mol. The van der Waals surface area contributed by atoms with Gasteiger partial charge in [0.25, 0.3) is 0 Å². The number of anilines is 2. The molecule has 168 valence electrons. The first-order chi connectivity index (χ1) is 17.1. The first-order valence-electron chi connectivity index (χ1n) is 11.9. The molecule has 4 nitrogen and oxygen atoms in total. The van der Waals surface area contributed by atoms with Gasteiger partial charge in [-0.1, -0.05) is 78.9 Å². The first kappa shape index (κ1) is 20.0. The fourth-order valence-electron chi connectivity index (χ4n) is 5.45. The van der Waals surface area contributed by atoms with Crippen molar-refractivity contribution in [1.82, 2.24) is 0 Å². The Morgan fingerprint density at radius 2 is 1.51 bits per heavy atom. The van der Waals surface area contributed by atoms with Gasteiger partial charge in [0.05, 0.1) is 0 Å². The molecule has 1 unspecified atom stereocenters. The molecule has 7 rings (SSSR count). The highest BCUT2D eigenvalue weighted by Crippen LogP contribution is 2.43. The Morgan fingerprint density at radius 1 is 0.714 bits per heavy atom. The molecule has 1 aliphatic heterocycles. The Bertz CT molecular complexity index is 1680. The average molecular weight is 453 g/mol. The van der Waals surface area contributed by atoms with Crippen molar-refractivity contribution in [2.75, 3.05) is 11.1 Å². The van der Waals surface area contributed by atoms with E-state index in [1.54, 1.807) is 0 Å². The lowest BCUT2D eigenvalue weighted by atomic mass is 9.87. The number of fused-ring (bicyclic) bond motifs is 5. The van der Waals surface area contributed by atoms with Crippen molar-refractivity contribution in [3.63, 3.8) is 0 Å². The van der Waals surface area contributed by atoms with E-state index in [-0.39, 0.29) is 0 Å². The number of hydrogen-bond acceptors (Lipinski definition) is 4. The molecule has 4 heteroatoms. The minimum Gasteiger partial charge on any atom is -0.399 e. The zero-order valence-corrected chi connectivity index (χ0v) is 19.1. The average Bonchev–Trinajstić information content (AvgIpc) is 3.27. The van der Waals surface area contributed by atoms with Crippen LogP contribution < -0.4 is 16.8 Å². The molecule has 1 atom stereocenters. The third-order valence-electron chi connectivity index (χ3n) is 7.25. The summed E-state index contributed by atoms with van der Waals surface area (Å²) in [6, 6.07) is 35.6. The van der Waals surface area contributed by atoms with Crippen LogP contribution in [0, 0.1) is 0 Å². The van der Waals surface area contributed by atoms with E-state index >= 15 is 0 Å². The van der Waals surface area contributed by atoms with Gasteiger partial charge in [-0.15, -0.1) is 0 Å². The molecule has 1 heterocycles. The Morgan fingerprint density at radius 3 is 2.43 bits per heavy atom. The summed E-state index contributed by atoms with van der Waals surface area (Å²) in [6.07, 6.45) is 0.901. The third kappa shape index (κ3) is 3.07. The zero-order valence-electron chi connectivity index (χ0n) is 19.1. The number of nitrogens with zero attached hydrogens (tertiary/aromatic N) is 1. The number of nitrogen functional groups attached to an aromatic ring is 1. The number of benzene rings is 5. The molecule has 0 amide bonds. The highest BCUT2D eigenvalue weighted by molar-refractivity contribution is 6.12. The van der Waals surface area contributed by atoms with Gasteiger partial charge in [0.2, 0.25) is 0 Å². The summed E-state index contributed by atoms with van der Waals surface area (Å²) >= 11 is 0. The molecular weight excluding hydrogens is 428 g/mol. The van der Waals surface area contributed by atoms with Gasteiger partial charge in [0.1, 0.15) is 5.84 Å². The summed E-state index contributed by atoms with van der Waals surface area (Å²) in [6.45, 7) is 0. The molecule has 0 fully saturated rings. The minimum atomic E-state index is -1.07. The van der Waals surface area contributed by atoms with Crippen LogP contribution in [0.25, 0.3) is 21.9 Å². The van der Waals surface area contributed by atoms with E-state index in [0.29, 0.717) is 5.69 Å². The molecule has 0 spiro atoms. The number of nitrogens with two attached hydrogens (primary N) is 2. The number of hydrogen-bond donors (Lipinski definition) is 3. The van der Waals surface area contributed by atoms with Gasteiger partial charge in [-0.3, -0.25) is 5.73 Å². The molecule has 0 saturated heterocycles. The minimum absolute atomic E-state index is 0.665. The summed E-state index contributed by atoms with van der Waals surface area (Å²) in [5.41, 5.74) is 22.0. The van der Waals surface area contributed by atoms with Crippen LogP contribution in [0.1, 0.15) is 27.8 Å². The lowest BCUT2D eigenvalue weighted by Crippen LogP contribution is -2.42. The summed E-state index contributed by atoms with van der Waals surface area (Å²) in [5.74, 6) is 0.749. The Hall–Kier alpha value is -4.41. The van der Waals surface area contributed by atoms with E-state index in [9.17, 15) is 0 Å². The fourth-order valence-corrected chi connectivity index (χ4v) is 5.45. The third-order valence-corrected chi connectivity index (χ3v) is 7.25. The van der Waals surface area contributed by atoms with E-state index in [1.807, 2.05) is 18.2 Å². The maximum Gasteiger partial charge on any atom is 0.164 e. The van der Waals surface area contributed by atoms with E-state index in [2.05, 4.69) is 90.2 Å². The second kappa shape index (κ2) is 7.29. The zero-order chi connectivity index (χ0) is 23.6. The van der Waals surface area contributed by atoms with Crippen molar-refractivity contribution in [3.05, 3.63) is 131 Å². The van der Waals surface area contributed by atoms with Gasteiger partial charge in [-0.05, 0) is 69.3 Å². The van der Waals surface area contributed by atoms with Crippen molar-refractivity contribution < 1.29 is 0 Å². The maximum absolute atomic E-state index is 7.22. The molecule has 0 radical (unpaired) electrons. The normalized spacial score (nSPS) is 17.8. The van der Waals surface area contributed by atoms with Crippen molar-refractivity contribution in [1.29, 1.82) is 0 Å². The largest absolute Gasteiger partial charge is 0.399 e. The topological polar surface area (TPSA) is 76.4 Å². The first-order valence-corrected chi connectivity index (χ1v) is 11.9. The molecule has 35 heavy (non-hydrogen) atoms. The van der Waals surface area contributed by atoms with Crippen LogP contribution >= 0.6 is 0 Å². The van der Waals surface area contributed by atoms with Crippen molar-refractivity contribution >= 4 is 28.0 Å². The van der Waals surface area contributed by atoms with Gasteiger partial charge in [-0.2, -0.15) is 0 Å².